The second-order valence-corrected chi connectivity index (χ2v) is 7.61. The summed E-state index contributed by atoms with van der Waals surface area (Å²) >= 11 is 0. The molecule has 0 saturated carbocycles. The maximum atomic E-state index is 12.4. The lowest BCUT2D eigenvalue weighted by molar-refractivity contribution is 0.0792. The van der Waals surface area contributed by atoms with E-state index in [4.69, 9.17) is 4.42 Å². The molecule has 1 N–H and O–H groups in total. The van der Waals surface area contributed by atoms with E-state index in [1.54, 1.807) is 19.0 Å². The molecule has 0 fully saturated rings. The standard InChI is InChI=1S/C20H25N3O2/c1-13-17-15(22-21-14-9-7-6-8-10-14)11-20(2,3)12-16(17)25-18(13)19(24)23(4)5/h6-10,21H,11-12H2,1-5H3/b22-15-. The van der Waals surface area contributed by atoms with Crippen molar-refractivity contribution in [2.75, 3.05) is 19.5 Å². The van der Waals surface area contributed by atoms with Gasteiger partial charge in [-0.25, -0.2) is 0 Å². The highest BCUT2D eigenvalue weighted by Crippen LogP contribution is 2.39. The molecule has 0 bridgehead atoms. The molecule has 1 aromatic carbocycles. The summed E-state index contributed by atoms with van der Waals surface area (Å²) in [5.74, 6) is 1.16. The van der Waals surface area contributed by atoms with Gasteiger partial charge in [0.1, 0.15) is 5.76 Å². The molecule has 0 unspecified atom stereocenters. The minimum Gasteiger partial charge on any atom is -0.455 e. The van der Waals surface area contributed by atoms with Crippen molar-refractivity contribution in [3.63, 3.8) is 0 Å². The molecule has 5 heteroatoms. The quantitative estimate of drug-likeness (QED) is 0.857. The van der Waals surface area contributed by atoms with Crippen molar-refractivity contribution in [3.05, 3.63) is 53.0 Å². The highest BCUT2D eigenvalue weighted by molar-refractivity contribution is 6.07. The van der Waals surface area contributed by atoms with Gasteiger partial charge in [-0.15, -0.1) is 0 Å². The van der Waals surface area contributed by atoms with Crippen LogP contribution in [-0.4, -0.2) is 30.6 Å². The number of hydrogen-bond acceptors (Lipinski definition) is 4. The summed E-state index contributed by atoms with van der Waals surface area (Å²) in [5.41, 5.74) is 6.89. The Morgan fingerprint density at radius 2 is 1.88 bits per heavy atom. The first-order valence-electron chi connectivity index (χ1n) is 8.50. The number of carbonyl (C=O) groups is 1. The van der Waals surface area contributed by atoms with Crippen molar-refractivity contribution in [2.24, 2.45) is 10.5 Å². The van der Waals surface area contributed by atoms with Gasteiger partial charge in [0.25, 0.3) is 5.91 Å². The van der Waals surface area contributed by atoms with Gasteiger partial charge in [0.15, 0.2) is 5.76 Å². The Morgan fingerprint density at radius 1 is 1.20 bits per heavy atom. The summed E-state index contributed by atoms with van der Waals surface area (Å²) in [6.45, 7) is 6.33. The number of fused-ring (bicyclic) bond motifs is 1. The molecule has 2 aromatic rings. The summed E-state index contributed by atoms with van der Waals surface area (Å²) in [7, 11) is 3.47. The van der Waals surface area contributed by atoms with Gasteiger partial charge in [-0.2, -0.15) is 5.10 Å². The number of rotatable bonds is 3. The van der Waals surface area contributed by atoms with Crippen molar-refractivity contribution < 1.29 is 9.21 Å². The molecule has 0 spiro atoms. The lowest BCUT2D eigenvalue weighted by Gasteiger charge is -2.29. The average Bonchev–Trinajstić information content (AvgIpc) is 2.88. The van der Waals surface area contributed by atoms with Gasteiger partial charge in [-0.1, -0.05) is 32.0 Å². The second-order valence-electron chi connectivity index (χ2n) is 7.61. The maximum Gasteiger partial charge on any atom is 0.289 e. The number of hydrazone groups is 1. The Balaban J connectivity index is 2.02. The predicted octanol–water partition coefficient (Wildman–Crippen LogP) is 4.08. The Bertz CT molecular complexity index is 817. The Morgan fingerprint density at radius 3 is 2.52 bits per heavy atom. The number of nitrogens with one attached hydrogen (secondary N) is 1. The van der Waals surface area contributed by atoms with Crippen LogP contribution in [0.2, 0.25) is 0 Å². The van der Waals surface area contributed by atoms with Crippen molar-refractivity contribution in [3.8, 4) is 0 Å². The average molecular weight is 339 g/mol. The van der Waals surface area contributed by atoms with E-state index in [1.807, 2.05) is 37.3 Å². The van der Waals surface area contributed by atoms with Gasteiger partial charge >= 0.3 is 0 Å². The molecular formula is C20H25N3O2. The summed E-state index contributed by atoms with van der Waals surface area (Å²) < 4.78 is 5.98. The van der Waals surface area contributed by atoms with E-state index in [9.17, 15) is 4.79 Å². The van der Waals surface area contributed by atoms with E-state index in [0.717, 1.165) is 41.1 Å². The van der Waals surface area contributed by atoms with Gasteiger partial charge in [-0.3, -0.25) is 10.2 Å². The third-order valence-corrected chi connectivity index (χ3v) is 4.49. The first-order chi connectivity index (χ1) is 11.8. The van der Waals surface area contributed by atoms with E-state index in [1.165, 1.54) is 0 Å². The molecule has 1 aliphatic rings. The van der Waals surface area contributed by atoms with E-state index >= 15 is 0 Å². The monoisotopic (exact) mass is 339 g/mol. The van der Waals surface area contributed by atoms with Crippen LogP contribution in [0.3, 0.4) is 0 Å². The molecule has 1 aliphatic carbocycles. The lowest BCUT2D eigenvalue weighted by atomic mass is 9.75. The van der Waals surface area contributed by atoms with Crippen LogP contribution in [0.4, 0.5) is 5.69 Å². The molecule has 1 amide bonds. The molecular weight excluding hydrogens is 314 g/mol. The maximum absolute atomic E-state index is 12.4. The van der Waals surface area contributed by atoms with Crippen LogP contribution >= 0.6 is 0 Å². The van der Waals surface area contributed by atoms with Crippen molar-refractivity contribution in [2.45, 2.75) is 33.6 Å². The number of para-hydroxylation sites is 1. The van der Waals surface area contributed by atoms with Crippen molar-refractivity contribution >= 4 is 17.3 Å². The molecule has 1 aromatic heterocycles. The summed E-state index contributed by atoms with van der Waals surface area (Å²) in [4.78, 5) is 14.0. The van der Waals surface area contributed by atoms with Crippen LogP contribution in [0.1, 0.15) is 47.7 Å². The lowest BCUT2D eigenvalue weighted by Crippen LogP contribution is -2.27. The predicted molar refractivity (Wildman–Crippen MR) is 100 cm³/mol. The normalized spacial score (nSPS) is 17.2. The summed E-state index contributed by atoms with van der Waals surface area (Å²) in [5, 5.41) is 4.65. The van der Waals surface area contributed by atoms with Crippen LogP contribution in [0.25, 0.3) is 0 Å². The molecule has 0 aliphatic heterocycles. The minimum absolute atomic E-state index is 0.0347. The minimum atomic E-state index is -0.111. The zero-order chi connectivity index (χ0) is 18.2. The van der Waals surface area contributed by atoms with Gasteiger partial charge in [0, 0.05) is 31.6 Å². The first-order valence-corrected chi connectivity index (χ1v) is 8.50. The molecule has 132 valence electrons. The van der Waals surface area contributed by atoms with Gasteiger partial charge in [0.2, 0.25) is 0 Å². The van der Waals surface area contributed by atoms with Crippen LogP contribution in [-0.2, 0) is 6.42 Å². The molecule has 5 nitrogen and oxygen atoms in total. The second kappa shape index (κ2) is 6.39. The SMILES string of the molecule is Cc1c(C(=O)N(C)C)oc2c1/C(=N\Nc1ccccc1)CC(C)(C)C2. The van der Waals surface area contributed by atoms with Crippen LogP contribution in [0.5, 0.6) is 0 Å². The van der Waals surface area contributed by atoms with Crippen LogP contribution in [0.15, 0.2) is 39.9 Å². The number of furan rings is 1. The van der Waals surface area contributed by atoms with Gasteiger partial charge in [0.05, 0.1) is 11.4 Å². The molecule has 0 radical (unpaired) electrons. The van der Waals surface area contributed by atoms with Crippen LogP contribution in [0, 0.1) is 12.3 Å². The molecule has 1 heterocycles. The van der Waals surface area contributed by atoms with Gasteiger partial charge < -0.3 is 9.32 Å². The fourth-order valence-corrected chi connectivity index (χ4v) is 3.26. The van der Waals surface area contributed by atoms with Gasteiger partial charge in [-0.05, 0) is 30.9 Å². The Hall–Kier alpha value is -2.56. The number of benzene rings is 1. The molecule has 0 atom stereocenters. The Kier molecular flexibility index (Phi) is 4.41. The molecule has 3 rings (SSSR count). The largest absolute Gasteiger partial charge is 0.455 e. The number of carbonyl (C=O) groups excluding carboxylic acids is 1. The highest BCUT2D eigenvalue weighted by atomic mass is 16.4. The fourth-order valence-electron chi connectivity index (χ4n) is 3.26. The van der Waals surface area contributed by atoms with Crippen molar-refractivity contribution in [1.29, 1.82) is 0 Å². The first kappa shape index (κ1) is 17.3. The number of hydrogen-bond donors (Lipinski definition) is 1. The van der Waals surface area contributed by atoms with E-state index in [2.05, 4.69) is 24.4 Å². The smallest absolute Gasteiger partial charge is 0.289 e. The van der Waals surface area contributed by atoms with Crippen molar-refractivity contribution in [1.82, 2.24) is 4.90 Å². The Labute approximate surface area is 148 Å². The number of anilines is 1. The zero-order valence-electron chi connectivity index (χ0n) is 15.5. The third kappa shape index (κ3) is 3.45. The van der Waals surface area contributed by atoms with E-state index in [0.29, 0.717) is 5.76 Å². The topological polar surface area (TPSA) is 57.8 Å². The van der Waals surface area contributed by atoms with E-state index < -0.39 is 0 Å². The highest BCUT2D eigenvalue weighted by Gasteiger charge is 2.36. The van der Waals surface area contributed by atoms with E-state index in [-0.39, 0.29) is 11.3 Å². The third-order valence-electron chi connectivity index (χ3n) is 4.49. The number of nitrogens with zero attached hydrogens (tertiary/aromatic N) is 2. The zero-order valence-corrected chi connectivity index (χ0v) is 15.5. The molecule has 25 heavy (non-hydrogen) atoms. The summed E-state index contributed by atoms with van der Waals surface area (Å²) in [6.07, 6.45) is 1.63. The van der Waals surface area contributed by atoms with Crippen LogP contribution < -0.4 is 5.43 Å². The number of amides is 1. The fraction of sp³-hybridized carbons (Fsp3) is 0.400. The summed E-state index contributed by atoms with van der Waals surface area (Å²) in [6, 6.07) is 9.86. The molecule has 0 saturated heterocycles.